The molecule has 3 aliphatic rings. The van der Waals surface area contributed by atoms with E-state index >= 15 is 0 Å². The number of β-lactam (4-membered cyclic amide) rings is 1. The Labute approximate surface area is 222 Å². The summed E-state index contributed by atoms with van der Waals surface area (Å²) in [4.78, 5) is 58.5. The molecule has 3 aliphatic heterocycles. The van der Waals surface area contributed by atoms with Gasteiger partial charge >= 0.3 is 35.5 Å². The third-order valence-electron chi connectivity index (χ3n) is 4.77. The second kappa shape index (κ2) is 10.4. The molecule has 0 spiro atoms. The number of aliphatic carboxylic acids is 1. The number of fused-ring (bicyclic) bond motifs is 1. The summed E-state index contributed by atoms with van der Waals surface area (Å²) in [6, 6.07) is -1.04. The SMILES string of the molecule is CO/N=C(\C(=O)N[C@@H]1C(=O)N2C(C(=O)[O-])=C(OC3C=C(C)C(=O)O3)CS[C@H]12)c1csc(N)n1.[Na+]. The van der Waals surface area contributed by atoms with E-state index in [1.54, 1.807) is 0 Å². The summed E-state index contributed by atoms with van der Waals surface area (Å²) in [6.07, 6.45) is 0.284. The fourth-order valence-electron chi connectivity index (χ4n) is 3.28. The Hall–Kier alpha value is -2.59. The molecule has 1 aromatic heterocycles. The van der Waals surface area contributed by atoms with Crippen molar-refractivity contribution in [3.63, 3.8) is 0 Å². The minimum absolute atomic E-state index is 0. The average Bonchev–Trinajstić information content (AvgIpc) is 3.33. The number of thiazole rings is 1. The van der Waals surface area contributed by atoms with Crippen molar-refractivity contribution in [2.45, 2.75) is 24.6 Å². The predicted octanol–water partition coefficient (Wildman–Crippen LogP) is -4.71. The molecule has 174 valence electrons. The minimum atomic E-state index is -1.64. The first-order valence-electron chi connectivity index (χ1n) is 9.30. The molecule has 1 saturated heterocycles. The zero-order valence-electron chi connectivity index (χ0n) is 18.1. The zero-order chi connectivity index (χ0) is 23.9. The molecule has 3 atom stereocenters. The second-order valence-electron chi connectivity index (χ2n) is 6.85. The molecule has 0 aliphatic carbocycles. The summed E-state index contributed by atoms with van der Waals surface area (Å²) in [6.45, 7) is 1.53. The number of carboxylic acid groups (broad SMARTS) is 1. The quantitative estimate of drug-likeness (QED) is 0.116. The van der Waals surface area contributed by atoms with E-state index in [1.807, 2.05) is 0 Å². The summed E-state index contributed by atoms with van der Waals surface area (Å²) < 4.78 is 10.5. The number of amides is 2. The van der Waals surface area contributed by atoms with Crippen molar-refractivity contribution >= 4 is 57.7 Å². The van der Waals surface area contributed by atoms with Crippen LogP contribution in [0, 0.1) is 0 Å². The Bertz CT molecular complexity index is 1150. The van der Waals surface area contributed by atoms with Crippen molar-refractivity contribution in [1.29, 1.82) is 0 Å². The van der Waals surface area contributed by atoms with E-state index in [0.717, 1.165) is 28.0 Å². The number of esters is 1. The van der Waals surface area contributed by atoms with Crippen LogP contribution in [0.1, 0.15) is 12.6 Å². The Kier molecular flexibility index (Phi) is 7.92. The standard InChI is InChI=1S/C18H17N5O8S2.Na/c1-6-3-9(31-17(6)28)30-8-5-32-15-11(14(25)23(15)12(8)16(26)27)21-13(24)10(22-29-2)7-4-33-18(19)20-7;/h3-4,9,11,15H,5H2,1-2H3,(H2,19,20)(H,21,24)(H,26,27);/q;+1/p-1/b22-10-;/t9?,11-,15-;/m1./s1. The number of nitrogens with two attached hydrogens (primary N) is 1. The molecule has 1 unspecified atom stereocenters. The van der Waals surface area contributed by atoms with Gasteiger partial charge in [0.05, 0.1) is 11.7 Å². The number of hydrogen-bond acceptors (Lipinski definition) is 13. The normalized spacial score (nSPS) is 23.8. The number of carboxylic acids is 1. The Morgan fingerprint density at radius 3 is 2.71 bits per heavy atom. The maximum Gasteiger partial charge on any atom is 1.00 e. The van der Waals surface area contributed by atoms with Gasteiger partial charge in [0.1, 0.15) is 35.7 Å². The van der Waals surface area contributed by atoms with Crippen LogP contribution in [0.4, 0.5) is 5.13 Å². The second-order valence-corrected chi connectivity index (χ2v) is 8.85. The van der Waals surface area contributed by atoms with Gasteiger partial charge in [0.25, 0.3) is 18.1 Å². The molecule has 16 heteroatoms. The Morgan fingerprint density at radius 1 is 1.41 bits per heavy atom. The van der Waals surface area contributed by atoms with E-state index in [4.69, 9.17) is 20.0 Å². The van der Waals surface area contributed by atoms with Gasteiger partial charge in [-0.1, -0.05) is 5.16 Å². The van der Waals surface area contributed by atoms with Crippen molar-refractivity contribution in [1.82, 2.24) is 15.2 Å². The van der Waals surface area contributed by atoms with Crippen LogP contribution in [0.5, 0.6) is 0 Å². The number of nitrogens with one attached hydrogen (secondary N) is 1. The third-order valence-corrected chi connectivity index (χ3v) is 6.69. The van der Waals surface area contributed by atoms with Crippen LogP contribution < -0.4 is 45.7 Å². The number of rotatable bonds is 7. The molecular weight excluding hydrogens is 501 g/mol. The fourth-order valence-corrected chi connectivity index (χ4v) is 5.09. The van der Waals surface area contributed by atoms with Gasteiger partial charge in [0.15, 0.2) is 10.8 Å². The topological polar surface area (TPSA) is 186 Å². The van der Waals surface area contributed by atoms with E-state index in [2.05, 4.69) is 15.5 Å². The average molecular weight is 517 g/mol. The van der Waals surface area contributed by atoms with Gasteiger partial charge in [0.2, 0.25) is 0 Å². The van der Waals surface area contributed by atoms with Gasteiger partial charge < -0.3 is 35.3 Å². The number of nitrogens with zero attached hydrogens (tertiary/aromatic N) is 3. The largest absolute Gasteiger partial charge is 1.00 e. The van der Waals surface area contributed by atoms with E-state index < -0.39 is 47.2 Å². The molecule has 3 N–H and O–H groups in total. The number of thioether (sulfide) groups is 1. The van der Waals surface area contributed by atoms with Crippen LogP contribution in [0.3, 0.4) is 0 Å². The maximum atomic E-state index is 12.8. The van der Waals surface area contributed by atoms with Crippen LogP contribution in [0.15, 0.2) is 33.6 Å². The first kappa shape index (κ1) is 26.0. The van der Waals surface area contributed by atoms with Crippen molar-refractivity contribution < 1.29 is 68.2 Å². The maximum absolute atomic E-state index is 12.8. The van der Waals surface area contributed by atoms with Gasteiger partial charge in [0, 0.05) is 17.0 Å². The molecule has 0 radical (unpaired) electrons. The smallest absolute Gasteiger partial charge is 0.543 e. The van der Waals surface area contributed by atoms with Crippen molar-refractivity contribution in [3.8, 4) is 0 Å². The summed E-state index contributed by atoms with van der Waals surface area (Å²) >= 11 is 2.25. The van der Waals surface area contributed by atoms with E-state index in [1.165, 1.54) is 25.5 Å². The van der Waals surface area contributed by atoms with Gasteiger partial charge in [-0.2, -0.15) is 0 Å². The first-order chi connectivity index (χ1) is 15.7. The summed E-state index contributed by atoms with van der Waals surface area (Å²) in [5, 5.41) is 19.0. The number of carbonyl (C=O) groups excluding carboxylic acids is 4. The number of hydrogen-bond donors (Lipinski definition) is 2. The number of carbonyl (C=O) groups is 4. The molecule has 0 saturated carbocycles. The molecule has 13 nitrogen and oxygen atoms in total. The molecule has 0 aromatic carbocycles. The third kappa shape index (κ3) is 4.79. The van der Waals surface area contributed by atoms with E-state index in [0.29, 0.717) is 5.57 Å². The summed E-state index contributed by atoms with van der Waals surface area (Å²) in [7, 11) is 1.24. The minimum Gasteiger partial charge on any atom is -0.543 e. The fraction of sp³-hybridized carbons (Fsp3) is 0.333. The number of aromatic nitrogens is 1. The van der Waals surface area contributed by atoms with Gasteiger partial charge in [-0.25, -0.2) is 9.78 Å². The first-order valence-corrected chi connectivity index (χ1v) is 11.2. The van der Waals surface area contributed by atoms with Gasteiger partial charge in [-0.3, -0.25) is 14.5 Å². The number of nitrogen functional groups attached to an aromatic ring is 1. The van der Waals surface area contributed by atoms with Crippen LogP contribution in [0.2, 0.25) is 0 Å². The molecule has 2 amide bonds. The monoisotopic (exact) mass is 517 g/mol. The zero-order valence-corrected chi connectivity index (χ0v) is 21.7. The van der Waals surface area contributed by atoms with Gasteiger partial charge in [-0.15, -0.1) is 23.1 Å². The van der Waals surface area contributed by atoms with Crippen molar-refractivity contribution in [2.24, 2.45) is 5.16 Å². The molecule has 34 heavy (non-hydrogen) atoms. The molecule has 1 fully saturated rings. The van der Waals surface area contributed by atoms with Crippen molar-refractivity contribution in [2.75, 3.05) is 18.6 Å². The molecular formula is C18H16N5NaO8S2. The van der Waals surface area contributed by atoms with Crippen LogP contribution in [0.25, 0.3) is 0 Å². The number of cyclic esters (lactones) is 1. The summed E-state index contributed by atoms with van der Waals surface area (Å²) in [5.41, 5.74) is 5.40. The number of oxime groups is 1. The van der Waals surface area contributed by atoms with Crippen LogP contribution in [-0.4, -0.2) is 69.9 Å². The Morgan fingerprint density at radius 2 is 2.15 bits per heavy atom. The summed E-state index contributed by atoms with van der Waals surface area (Å²) in [5.74, 6) is -3.72. The molecule has 0 bridgehead atoms. The van der Waals surface area contributed by atoms with Crippen molar-refractivity contribution in [3.05, 3.63) is 34.2 Å². The predicted molar refractivity (Wildman–Crippen MR) is 112 cm³/mol. The number of anilines is 1. The number of ether oxygens (including phenoxy) is 2. The molecule has 1 aromatic rings. The van der Waals surface area contributed by atoms with E-state index in [9.17, 15) is 24.3 Å². The van der Waals surface area contributed by atoms with Crippen LogP contribution >= 0.6 is 23.1 Å². The molecule has 4 rings (SSSR count). The Balaban J connectivity index is 0.00000324. The van der Waals surface area contributed by atoms with E-state index in [-0.39, 0.29) is 57.6 Å². The van der Waals surface area contributed by atoms with Gasteiger partial charge in [-0.05, 0) is 6.92 Å². The molecule has 4 heterocycles. The van der Waals surface area contributed by atoms with Crippen LogP contribution in [-0.2, 0) is 33.5 Å².